The molecule has 2 rings (SSSR count). The number of benzene rings is 1. The van der Waals surface area contributed by atoms with Crippen LogP contribution in [0.5, 0.6) is 0 Å². The number of hydrogen-bond acceptors (Lipinski definition) is 3. The smallest absolute Gasteiger partial charge is 0.0713 e. The Morgan fingerprint density at radius 2 is 2.16 bits per heavy atom. The first-order chi connectivity index (χ1) is 9.28. The van der Waals surface area contributed by atoms with Crippen molar-refractivity contribution in [3.63, 3.8) is 0 Å². The zero-order valence-corrected chi connectivity index (χ0v) is 12.2. The summed E-state index contributed by atoms with van der Waals surface area (Å²) in [6, 6.07) is 9.35. The molecule has 1 aliphatic heterocycles. The lowest BCUT2D eigenvalue weighted by molar-refractivity contribution is 0.184. The normalized spacial score (nSPS) is 19.8. The second kappa shape index (κ2) is 7.63. The number of likely N-dealkylation sites (N-methyl/N-ethyl adjacent to an activating group) is 1. The summed E-state index contributed by atoms with van der Waals surface area (Å²) in [7, 11) is 3.95. The Morgan fingerprint density at radius 1 is 1.32 bits per heavy atom. The van der Waals surface area contributed by atoms with E-state index in [9.17, 15) is 0 Å². The fourth-order valence-electron chi connectivity index (χ4n) is 2.82. The zero-order valence-electron chi connectivity index (χ0n) is 12.2. The van der Waals surface area contributed by atoms with Crippen LogP contribution >= 0.6 is 0 Å². The van der Waals surface area contributed by atoms with Crippen LogP contribution < -0.4 is 5.32 Å². The third-order valence-corrected chi connectivity index (χ3v) is 3.70. The summed E-state index contributed by atoms with van der Waals surface area (Å²) in [5.74, 6) is 0. The molecule has 0 aliphatic carbocycles. The molecule has 1 aromatic rings. The van der Waals surface area contributed by atoms with E-state index in [1.54, 1.807) is 7.11 Å². The lowest BCUT2D eigenvalue weighted by atomic mass is 10.0. The molecule has 1 heterocycles. The van der Waals surface area contributed by atoms with Crippen LogP contribution in [-0.4, -0.2) is 38.2 Å². The van der Waals surface area contributed by atoms with Crippen molar-refractivity contribution < 1.29 is 4.74 Å². The van der Waals surface area contributed by atoms with Crippen LogP contribution in [0.2, 0.25) is 0 Å². The number of nitrogens with zero attached hydrogens (tertiary/aromatic N) is 1. The molecule has 1 N–H and O–H groups in total. The summed E-state index contributed by atoms with van der Waals surface area (Å²) in [4.78, 5) is 2.41. The Morgan fingerprint density at radius 3 is 2.89 bits per heavy atom. The number of hydrogen-bond donors (Lipinski definition) is 1. The van der Waals surface area contributed by atoms with Crippen molar-refractivity contribution in [1.82, 2.24) is 10.2 Å². The van der Waals surface area contributed by atoms with E-state index < -0.39 is 0 Å². The van der Waals surface area contributed by atoms with Crippen molar-refractivity contribution in [3.05, 3.63) is 35.4 Å². The molecule has 0 bridgehead atoms. The quantitative estimate of drug-likeness (QED) is 0.852. The van der Waals surface area contributed by atoms with E-state index in [0.29, 0.717) is 12.6 Å². The van der Waals surface area contributed by atoms with E-state index in [-0.39, 0.29) is 0 Å². The lowest BCUT2D eigenvalue weighted by Gasteiger charge is -2.28. The summed E-state index contributed by atoms with van der Waals surface area (Å²) < 4.78 is 5.19. The Labute approximate surface area is 116 Å². The number of methoxy groups -OCH3 is 1. The molecule has 1 atom stereocenters. The van der Waals surface area contributed by atoms with E-state index in [0.717, 1.165) is 13.1 Å². The summed E-state index contributed by atoms with van der Waals surface area (Å²) >= 11 is 0. The minimum Gasteiger partial charge on any atom is -0.380 e. The standard InChI is InChI=1S/C16H26N2O/c1-18(12-16-8-3-4-9-17-16)11-14-6-5-7-15(10-14)13-19-2/h5-7,10,16-17H,3-4,8-9,11-13H2,1-2H3. The van der Waals surface area contributed by atoms with Crippen LogP contribution in [0, 0.1) is 0 Å². The minimum atomic E-state index is 0.668. The van der Waals surface area contributed by atoms with E-state index >= 15 is 0 Å². The highest BCUT2D eigenvalue weighted by Crippen LogP contribution is 2.11. The zero-order chi connectivity index (χ0) is 13.5. The van der Waals surface area contributed by atoms with Crippen molar-refractivity contribution in [1.29, 1.82) is 0 Å². The summed E-state index contributed by atoms with van der Waals surface area (Å²) in [6.07, 6.45) is 4.02. The van der Waals surface area contributed by atoms with Crippen LogP contribution in [0.4, 0.5) is 0 Å². The average molecular weight is 262 g/mol. The van der Waals surface area contributed by atoms with Gasteiger partial charge in [-0.3, -0.25) is 0 Å². The highest BCUT2D eigenvalue weighted by atomic mass is 16.5. The fourth-order valence-corrected chi connectivity index (χ4v) is 2.82. The van der Waals surface area contributed by atoms with Crippen LogP contribution in [0.3, 0.4) is 0 Å². The van der Waals surface area contributed by atoms with Gasteiger partial charge in [-0.05, 0) is 37.6 Å². The molecular weight excluding hydrogens is 236 g/mol. The Hall–Kier alpha value is -0.900. The first-order valence-corrected chi connectivity index (χ1v) is 7.26. The van der Waals surface area contributed by atoms with Crippen molar-refractivity contribution in [2.24, 2.45) is 0 Å². The molecular formula is C16H26N2O. The van der Waals surface area contributed by atoms with Crippen LogP contribution in [-0.2, 0) is 17.9 Å². The van der Waals surface area contributed by atoms with Gasteiger partial charge in [0.2, 0.25) is 0 Å². The molecule has 0 spiro atoms. The van der Waals surface area contributed by atoms with Gasteiger partial charge in [-0.1, -0.05) is 30.7 Å². The van der Waals surface area contributed by atoms with E-state index in [1.807, 2.05) is 0 Å². The molecule has 3 heteroatoms. The predicted octanol–water partition coefficient (Wildman–Crippen LogP) is 2.41. The molecule has 0 amide bonds. The van der Waals surface area contributed by atoms with Gasteiger partial charge in [0.05, 0.1) is 6.61 Å². The van der Waals surface area contributed by atoms with Crippen LogP contribution in [0.25, 0.3) is 0 Å². The van der Waals surface area contributed by atoms with Gasteiger partial charge in [0.15, 0.2) is 0 Å². The largest absolute Gasteiger partial charge is 0.380 e. The minimum absolute atomic E-state index is 0.668. The van der Waals surface area contributed by atoms with Gasteiger partial charge in [-0.25, -0.2) is 0 Å². The summed E-state index contributed by atoms with van der Waals surface area (Å²) in [5, 5.41) is 3.61. The topological polar surface area (TPSA) is 24.5 Å². The highest BCUT2D eigenvalue weighted by molar-refractivity contribution is 5.22. The maximum absolute atomic E-state index is 5.19. The molecule has 1 aromatic carbocycles. The molecule has 1 aliphatic rings. The first kappa shape index (κ1) is 14.5. The highest BCUT2D eigenvalue weighted by Gasteiger charge is 2.14. The van der Waals surface area contributed by atoms with E-state index in [2.05, 4.69) is 41.5 Å². The van der Waals surface area contributed by atoms with Gasteiger partial charge in [0, 0.05) is 26.2 Å². The Kier molecular flexibility index (Phi) is 5.83. The molecule has 1 fully saturated rings. The van der Waals surface area contributed by atoms with Crippen molar-refractivity contribution in [2.45, 2.75) is 38.5 Å². The molecule has 0 radical (unpaired) electrons. The number of rotatable bonds is 6. The average Bonchev–Trinajstić information content (AvgIpc) is 2.40. The molecule has 0 saturated carbocycles. The second-order valence-corrected chi connectivity index (χ2v) is 5.60. The SMILES string of the molecule is COCc1cccc(CN(C)CC2CCCCN2)c1. The van der Waals surface area contributed by atoms with Gasteiger partial charge in [0.1, 0.15) is 0 Å². The summed E-state index contributed by atoms with van der Waals surface area (Å²) in [5.41, 5.74) is 2.62. The van der Waals surface area contributed by atoms with Crippen LogP contribution in [0.1, 0.15) is 30.4 Å². The van der Waals surface area contributed by atoms with Crippen LogP contribution in [0.15, 0.2) is 24.3 Å². The predicted molar refractivity (Wildman–Crippen MR) is 79.1 cm³/mol. The maximum Gasteiger partial charge on any atom is 0.0713 e. The van der Waals surface area contributed by atoms with Gasteiger partial charge in [-0.15, -0.1) is 0 Å². The molecule has 1 saturated heterocycles. The first-order valence-electron chi connectivity index (χ1n) is 7.26. The Bertz CT molecular complexity index is 375. The van der Waals surface area contributed by atoms with Crippen molar-refractivity contribution >= 4 is 0 Å². The number of nitrogens with one attached hydrogen (secondary N) is 1. The van der Waals surface area contributed by atoms with E-state index in [4.69, 9.17) is 4.74 Å². The van der Waals surface area contributed by atoms with Gasteiger partial charge in [-0.2, -0.15) is 0 Å². The number of piperidine rings is 1. The molecule has 1 unspecified atom stereocenters. The van der Waals surface area contributed by atoms with Gasteiger partial charge >= 0.3 is 0 Å². The molecule has 3 nitrogen and oxygen atoms in total. The van der Waals surface area contributed by atoms with Gasteiger partial charge < -0.3 is 15.0 Å². The lowest BCUT2D eigenvalue weighted by Crippen LogP contribution is -2.42. The fraction of sp³-hybridized carbons (Fsp3) is 0.625. The monoisotopic (exact) mass is 262 g/mol. The molecule has 19 heavy (non-hydrogen) atoms. The second-order valence-electron chi connectivity index (χ2n) is 5.60. The maximum atomic E-state index is 5.19. The summed E-state index contributed by atoms with van der Waals surface area (Å²) in [6.45, 7) is 4.02. The molecule has 0 aromatic heterocycles. The molecule has 106 valence electrons. The van der Waals surface area contributed by atoms with Crippen molar-refractivity contribution in [3.8, 4) is 0 Å². The third kappa shape index (κ3) is 4.94. The third-order valence-electron chi connectivity index (χ3n) is 3.70. The van der Waals surface area contributed by atoms with E-state index in [1.165, 1.54) is 36.9 Å². The Balaban J connectivity index is 1.83. The van der Waals surface area contributed by atoms with Gasteiger partial charge in [0.25, 0.3) is 0 Å². The van der Waals surface area contributed by atoms with Crippen molar-refractivity contribution in [2.75, 3.05) is 27.2 Å². The number of ether oxygens (including phenoxy) is 1.